The normalized spacial score (nSPS) is 18.2. The van der Waals surface area contributed by atoms with E-state index in [1.807, 2.05) is 6.07 Å². The van der Waals surface area contributed by atoms with Crippen LogP contribution in [0.25, 0.3) is 0 Å². The molecule has 0 aromatic carbocycles. The average Bonchev–Trinajstić information content (AvgIpc) is 2.43. The number of carbonyl (C=O) groups excluding carboxylic acids is 1. The Balaban J connectivity index is 2.21. The van der Waals surface area contributed by atoms with Crippen LogP contribution in [0.1, 0.15) is 6.42 Å². The molecule has 0 aliphatic carbocycles. The molecule has 1 heterocycles. The number of nitriles is 1. The molecule has 1 aliphatic heterocycles. The maximum atomic E-state index is 11.3. The fourth-order valence-electron chi connectivity index (χ4n) is 1.46. The molecule has 5 nitrogen and oxygen atoms in total. The number of hydrogen-bond donors (Lipinski definition) is 2. The molecule has 0 atom stereocenters. The van der Waals surface area contributed by atoms with Crippen LogP contribution in [0.3, 0.4) is 0 Å². The Morgan fingerprint density at radius 1 is 1.50 bits per heavy atom. The largest absolute Gasteiger partial charge is 0.342 e. The van der Waals surface area contributed by atoms with Gasteiger partial charge in [0.15, 0.2) is 0 Å². The Morgan fingerprint density at radius 3 is 3.14 bits per heavy atom. The lowest BCUT2D eigenvalue weighted by atomic mass is 10.4. The molecule has 78 valence electrons. The molecule has 0 spiro atoms. The average molecular weight is 196 g/mol. The number of rotatable bonds is 3. The molecule has 0 aromatic heterocycles. The lowest BCUT2D eigenvalue weighted by Crippen LogP contribution is -2.39. The molecule has 1 fully saturated rings. The van der Waals surface area contributed by atoms with E-state index in [4.69, 9.17) is 5.26 Å². The maximum absolute atomic E-state index is 11.3. The number of carbonyl (C=O) groups is 1. The molecule has 1 saturated heterocycles. The van der Waals surface area contributed by atoms with Gasteiger partial charge in [-0.3, -0.25) is 9.69 Å². The van der Waals surface area contributed by atoms with E-state index in [-0.39, 0.29) is 12.5 Å². The van der Waals surface area contributed by atoms with Crippen molar-refractivity contribution in [2.75, 3.05) is 39.3 Å². The quantitative estimate of drug-likeness (QED) is 0.563. The molecular formula is C9H16N4O. The Hall–Kier alpha value is -1.12. The van der Waals surface area contributed by atoms with Gasteiger partial charge in [-0.15, -0.1) is 0 Å². The van der Waals surface area contributed by atoms with Crippen molar-refractivity contribution in [2.45, 2.75) is 6.42 Å². The van der Waals surface area contributed by atoms with E-state index in [1.54, 1.807) is 0 Å². The SMILES string of the molecule is N#CCNC(=O)CN1CCCNCC1. The molecule has 0 unspecified atom stereocenters. The van der Waals surface area contributed by atoms with Gasteiger partial charge < -0.3 is 10.6 Å². The van der Waals surface area contributed by atoms with Crippen LogP contribution in [0.2, 0.25) is 0 Å². The van der Waals surface area contributed by atoms with E-state index >= 15 is 0 Å². The first-order valence-corrected chi connectivity index (χ1v) is 4.89. The monoisotopic (exact) mass is 196 g/mol. The fraction of sp³-hybridized carbons (Fsp3) is 0.778. The molecule has 0 bridgehead atoms. The van der Waals surface area contributed by atoms with Gasteiger partial charge in [0.05, 0.1) is 12.6 Å². The van der Waals surface area contributed by atoms with Gasteiger partial charge in [0.1, 0.15) is 6.54 Å². The van der Waals surface area contributed by atoms with E-state index in [0.717, 1.165) is 32.6 Å². The number of hydrogen-bond acceptors (Lipinski definition) is 4. The summed E-state index contributed by atoms with van der Waals surface area (Å²) >= 11 is 0. The van der Waals surface area contributed by atoms with Crippen LogP contribution in [0.15, 0.2) is 0 Å². The van der Waals surface area contributed by atoms with Gasteiger partial charge in [-0.05, 0) is 19.5 Å². The predicted molar refractivity (Wildman–Crippen MR) is 52.5 cm³/mol. The third-order valence-electron chi connectivity index (χ3n) is 2.16. The molecule has 1 aliphatic rings. The molecule has 0 radical (unpaired) electrons. The van der Waals surface area contributed by atoms with Crippen molar-refractivity contribution < 1.29 is 4.79 Å². The van der Waals surface area contributed by atoms with Gasteiger partial charge >= 0.3 is 0 Å². The summed E-state index contributed by atoms with van der Waals surface area (Å²) in [7, 11) is 0. The van der Waals surface area contributed by atoms with Crippen molar-refractivity contribution in [2.24, 2.45) is 0 Å². The van der Waals surface area contributed by atoms with Crippen LogP contribution in [0, 0.1) is 11.3 Å². The highest BCUT2D eigenvalue weighted by Crippen LogP contribution is 1.93. The van der Waals surface area contributed by atoms with Crippen LogP contribution in [0.5, 0.6) is 0 Å². The van der Waals surface area contributed by atoms with Crippen molar-refractivity contribution in [1.82, 2.24) is 15.5 Å². The first-order valence-electron chi connectivity index (χ1n) is 4.89. The van der Waals surface area contributed by atoms with E-state index in [9.17, 15) is 4.79 Å². The Bertz CT molecular complexity index is 215. The summed E-state index contributed by atoms with van der Waals surface area (Å²) in [5, 5.41) is 14.1. The molecule has 0 saturated carbocycles. The standard InChI is InChI=1S/C9H16N4O/c10-2-4-12-9(14)8-13-6-1-3-11-5-7-13/h11H,1,3-8H2,(H,12,14). The maximum Gasteiger partial charge on any atom is 0.235 e. The Morgan fingerprint density at radius 2 is 2.36 bits per heavy atom. The zero-order valence-electron chi connectivity index (χ0n) is 8.25. The summed E-state index contributed by atoms with van der Waals surface area (Å²) in [4.78, 5) is 13.4. The van der Waals surface area contributed by atoms with E-state index in [1.165, 1.54) is 0 Å². The second-order valence-corrected chi connectivity index (χ2v) is 3.31. The highest BCUT2D eigenvalue weighted by Gasteiger charge is 2.11. The summed E-state index contributed by atoms with van der Waals surface area (Å²) in [5.74, 6) is -0.0616. The summed E-state index contributed by atoms with van der Waals surface area (Å²) in [6, 6.07) is 1.89. The molecule has 2 N–H and O–H groups in total. The van der Waals surface area contributed by atoms with Crippen molar-refractivity contribution in [3.05, 3.63) is 0 Å². The van der Waals surface area contributed by atoms with Gasteiger partial charge in [-0.2, -0.15) is 5.26 Å². The van der Waals surface area contributed by atoms with Crippen LogP contribution in [-0.4, -0.2) is 50.1 Å². The third-order valence-corrected chi connectivity index (χ3v) is 2.16. The molecular weight excluding hydrogens is 180 g/mol. The van der Waals surface area contributed by atoms with Crippen molar-refractivity contribution in [3.63, 3.8) is 0 Å². The predicted octanol–water partition coefficient (Wildman–Crippen LogP) is -1.08. The first-order chi connectivity index (χ1) is 6.83. The molecule has 1 amide bonds. The lowest BCUT2D eigenvalue weighted by molar-refractivity contribution is -0.121. The first kappa shape index (κ1) is 11.0. The number of amides is 1. The third kappa shape index (κ3) is 4.21. The second kappa shape index (κ2) is 6.35. The minimum absolute atomic E-state index is 0.0616. The highest BCUT2D eigenvalue weighted by atomic mass is 16.2. The number of nitrogens with zero attached hydrogens (tertiary/aromatic N) is 2. The van der Waals surface area contributed by atoms with Gasteiger partial charge in [0, 0.05) is 13.1 Å². The second-order valence-electron chi connectivity index (χ2n) is 3.31. The molecule has 5 heteroatoms. The smallest absolute Gasteiger partial charge is 0.235 e. The topological polar surface area (TPSA) is 68.2 Å². The Kier molecular flexibility index (Phi) is 4.97. The van der Waals surface area contributed by atoms with Gasteiger partial charge in [0.25, 0.3) is 0 Å². The lowest BCUT2D eigenvalue weighted by Gasteiger charge is -2.17. The van der Waals surface area contributed by atoms with Crippen LogP contribution >= 0.6 is 0 Å². The van der Waals surface area contributed by atoms with Gasteiger partial charge in [0.2, 0.25) is 5.91 Å². The van der Waals surface area contributed by atoms with E-state index < -0.39 is 0 Å². The van der Waals surface area contributed by atoms with E-state index in [2.05, 4.69) is 15.5 Å². The van der Waals surface area contributed by atoms with Gasteiger partial charge in [-0.25, -0.2) is 0 Å². The van der Waals surface area contributed by atoms with Crippen LogP contribution in [-0.2, 0) is 4.79 Å². The van der Waals surface area contributed by atoms with Crippen molar-refractivity contribution >= 4 is 5.91 Å². The van der Waals surface area contributed by atoms with Crippen LogP contribution < -0.4 is 10.6 Å². The number of nitrogens with one attached hydrogen (secondary N) is 2. The summed E-state index contributed by atoms with van der Waals surface area (Å²) in [6.45, 7) is 4.32. The summed E-state index contributed by atoms with van der Waals surface area (Å²) in [5.41, 5.74) is 0. The van der Waals surface area contributed by atoms with Gasteiger partial charge in [-0.1, -0.05) is 0 Å². The zero-order chi connectivity index (χ0) is 10.2. The summed E-state index contributed by atoms with van der Waals surface area (Å²) in [6.07, 6.45) is 1.07. The molecule has 0 aromatic rings. The van der Waals surface area contributed by atoms with Crippen molar-refractivity contribution in [1.29, 1.82) is 5.26 Å². The fourth-order valence-corrected chi connectivity index (χ4v) is 1.46. The molecule has 14 heavy (non-hydrogen) atoms. The Labute approximate surface area is 84.1 Å². The zero-order valence-corrected chi connectivity index (χ0v) is 8.25. The van der Waals surface area contributed by atoms with Crippen LogP contribution in [0.4, 0.5) is 0 Å². The van der Waals surface area contributed by atoms with E-state index in [0.29, 0.717) is 6.54 Å². The highest BCUT2D eigenvalue weighted by molar-refractivity contribution is 5.78. The minimum atomic E-state index is -0.0616. The summed E-state index contributed by atoms with van der Waals surface area (Å²) < 4.78 is 0. The minimum Gasteiger partial charge on any atom is -0.342 e. The molecule has 1 rings (SSSR count). The van der Waals surface area contributed by atoms with Crippen molar-refractivity contribution in [3.8, 4) is 6.07 Å².